The monoisotopic (exact) mass is 533 g/mol. The second-order valence-electron chi connectivity index (χ2n) is 10.3. The maximum absolute atomic E-state index is 13.3. The smallest absolute Gasteiger partial charge is 0.243 e. The molecule has 1 aliphatic carbocycles. The zero-order chi connectivity index (χ0) is 28.2. The van der Waals surface area contributed by atoms with E-state index in [-0.39, 0.29) is 31.6 Å². The fourth-order valence-electron chi connectivity index (χ4n) is 4.73. The van der Waals surface area contributed by atoms with Crippen LogP contribution in [0.5, 0.6) is 0 Å². The van der Waals surface area contributed by atoms with Gasteiger partial charge in [0.2, 0.25) is 23.5 Å². The third-order valence-electron chi connectivity index (χ3n) is 7.00. The summed E-state index contributed by atoms with van der Waals surface area (Å²) < 4.78 is 0. The van der Waals surface area contributed by atoms with Crippen molar-refractivity contribution in [3.05, 3.63) is 71.3 Å². The number of hydrogen-bond donors (Lipinski definition) is 3. The number of allylic oxidation sites excluding steroid dienone is 4. The van der Waals surface area contributed by atoms with Gasteiger partial charge in [0.05, 0.1) is 12.6 Å². The molecule has 8 nitrogen and oxygen atoms in total. The minimum absolute atomic E-state index is 0.154. The number of aldehydes is 1. The lowest BCUT2D eigenvalue weighted by Gasteiger charge is -2.23. The molecular weight excluding hydrogens is 494 g/mol. The van der Waals surface area contributed by atoms with E-state index in [1.807, 2.05) is 13.0 Å². The molecule has 8 heteroatoms. The Morgan fingerprint density at radius 2 is 1.82 bits per heavy atom. The number of benzene rings is 1. The van der Waals surface area contributed by atoms with Crippen LogP contribution in [0.4, 0.5) is 0 Å². The lowest BCUT2D eigenvalue weighted by Crippen LogP contribution is -2.53. The van der Waals surface area contributed by atoms with Crippen LogP contribution in [0.2, 0.25) is 0 Å². The molecule has 2 bridgehead atoms. The second-order valence-corrected chi connectivity index (χ2v) is 10.3. The maximum atomic E-state index is 13.3. The average molecular weight is 534 g/mol. The number of ketones is 1. The van der Waals surface area contributed by atoms with Gasteiger partial charge in [0.15, 0.2) is 6.29 Å². The van der Waals surface area contributed by atoms with E-state index < -0.39 is 29.7 Å². The molecule has 4 rings (SSSR count). The highest BCUT2D eigenvalue weighted by Crippen LogP contribution is 2.39. The molecule has 3 amide bonds. The van der Waals surface area contributed by atoms with Crippen molar-refractivity contribution in [1.29, 1.82) is 0 Å². The molecule has 1 aromatic carbocycles. The van der Waals surface area contributed by atoms with Crippen LogP contribution in [0.25, 0.3) is 0 Å². The van der Waals surface area contributed by atoms with Crippen LogP contribution < -0.4 is 16.0 Å². The van der Waals surface area contributed by atoms with Gasteiger partial charge in [-0.3, -0.25) is 24.0 Å². The van der Waals surface area contributed by atoms with Gasteiger partial charge in [0.25, 0.3) is 0 Å². The highest BCUT2D eigenvalue weighted by Gasteiger charge is 2.29. The largest absolute Gasteiger partial charge is 0.347 e. The Morgan fingerprint density at radius 3 is 2.46 bits per heavy atom. The number of amides is 3. The first-order chi connectivity index (χ1) is 18.8. The molecule has 2 atom stereocenters. The minimum atomic E-state index is -1.02. The number of Topliss-reactive ketones (excluding diaryl/α,β-unsaturated/α-hetero) is 1. The van der Waals surface area contributed by atoms with Gasteiger partial charge in [-0.05, 0) is 61.1 Å². The normalized spacial score (nSPS) is 21.0. The van der Waals surface area contributed by atoms with E-state index in [0.717, 1.165) is 36.8 Å². The number of carbonyl (C=O) groups excluding carboxylic acids is 5. The van der Waals surface area contributed by atoms with E-state index in [1.165, 1.54) is 11.1 Å². The first kappa shape index (κ1) is 29.7. The highest BCUT2D eigenvalue weighted by molar-refractivity contribution is 6.28. The van der Waals surface area contributed by atoms with Gasteiger partial charge in [0.1, 0.15) is 6.04 Å². The lowest BCUT2D eigenvalue weighted by atomic mass is 9.94. The van der Waals surface area contributed by atoms with Gasteiger partial charge in [-0.1, -0.05) is 68.0 Å². The zero-order valence-electron chi connectivity index (χ0n) is 22.7. The highest BCUT2D eigenvalue weighted by atomic mass is 16.2. The van der Waals surface area contributed by atoms with Crippen molar-refractivity contribution < 1.29 is 24.0 Å². The molecule has 2 aliphatic heterocycles. The van der Waals surface area contributed by atoms with E-state index in [1.54, 1.807) is 6.08 Å². The third kappa shape index (κ3) is 9.78. The molecule has 1 aromatic rings. The zero-order valence-corrected chi connectivity index (χ0v) is 22.7. The van der Waals surface area contributed by atoms with Crippen molar-refractivity contribution in [2.75, 3.05) is 6.54 Å². The van der Waals surface area contributed by atoms with Crippen LogP contribution in [-0.4, -0.2) is 48.4 Å². The van der Waals surface area contributed by atoms with Gasteiger partial charge in [-0.15, -0.1) is 0 Å². The van der Waals surface area contributed by atoms with Crippen LogP contribution in [0.3, 0.4) is 0 Å². The van der Waals surface area contributed by atoms with Crippen molar-refractivity contribution in [3.63, 3.8) is 0 Å². The number of aryl methyl sites for hydroxylation is 1. The van der Waals surface area contributed by atoms with E-state index in [4.69, 9.17) is 0 Å². The summed E-state index contributed by atoms with van der Waals surface area (Å²) in [5.41, 5.74) is 4.42. The van der Waals surface area contributed by atoms with Gasteiger partial charge in [-0.2, -0.15) is 0 Å². The van der Waals surface area contributed by atoms with Crippen LogP contribution in [0.1, 0.15) is 63.0 Å². The number of rotatable bonds is 8. The molecular formula is C31H39N3O5. The van der Waals surface area contributed by atoms with Gasteiger partial charge >= 0.3 is 0 Å². The maximum Gasteiger partial charge on any atom is 0.243 e. The number of nitrogens with one attached hydrogen (secondary N) is 3. The van der Waals surface area contributed by atoms with Gasteiger partial charge in [-0.25, -0.2) is 0 Å². The minimum Gasteiger partial charge on any atom is -0.347 e. The van der Waals surface area contributed by atoms with Crippen LogP contribution >= 0.6 is 0 Å². The summed E-state index contributed by atoms with van der Waals surface area (Å²) in [6.07, 6.45) is 11.5. The Hall–Kier alpha value is -3.81. The molecule has 3 aliphatic rings. The summed E-state index contributed by atoms with van der Waals surface area (Å²) in [6.45, 7) is 5.40. The van der Waals surface area contributed by atoms with Crippen LogP contribution in [0.15, 0.2) is 60.2 Å². The van der Waals surface area contributed by atoms with E-state index in [9.17, 15) is 24.0 Å². The quantitative estimate of drug-likeness (QED) is 0.350. The van der Waals surface area contributed by atoms with Crippen molar-refractivity contribution in [3.8, 4) is 0 Å². The number of carbonyl (C=O) groups is 5. The number of hydrogen-bond acceptors (Lipinski definition) is 5. The number of fused-ring (bicyclic) bond motifs is 14. The van der Waals surface area contributed by atoms with Crippen molar-refractivity contribution in [2.45, 2.75) is 76.8 Å². The van der Waals surface area contributed by atoms with Crippen LogP contribution in [0, 0.1) is 5.92 Å². The molecule has 0 aromatic heterocycles. The SMILES string of the molecule is C=C/C=C1\C=C(C2CC2)Cc2ccc(cc2)CCCC(=O)NCC(=O)NC(C(=O)NC(CCC)C(=O)C=O)C1. The first-order valence-electron chi connectivity index (χ1n) is 13.8. The Labute approximate surface area is 230 Å². The summed E-state index contributed by atoms with van der Waals surface area (Å²) >= 11 is 0. The van der Waals surface area contributed by atoms with Gasteiger partial charge < -0.3 is 16.0 Å². The average Bonchev–Trinajstić information content (AvgIpc) is 3.76. The fraction of sp³-hybridized carbons (Fsp3) is 0.452. The molecule has 2 unspecified atom stereocenters. The predicted molar refractivity (Wildman–Crippen MR) is 150 cm³/mol. The molecule has 0 spiro atoms. The summed E-state index contributed by atoms with van der Waals surface area (Å²) in [6, 6.07) is 6.47. The molecule has 2 heterocycles. The van der Waals surface area contributed by atoms with E-state index in [0.29, 0.717) is 25.2 Å². The molecule has 1 saturated carbocycles. The molecule has 0 radical (unpaired) electrons. The van der Waals surface area contributed by atoms with E-state index >= 15 is 0 Å². The topological polar surface area (TPSA) is 121 Å². The summed E-state index contributed by atoms with van der Waals surface area (Å²) in [4.78, 5) is 61.6. The third-order valence-corrected chi connectivity index (χ3v) is 7.00. The molecule has 39 heavy (non-hydrogen) atoms. The first-order valence-corrected chi connectivity index (χ1v) is 13.8. The van der Waals surface area contributed by atoms with Crippen molar-refractivity contribution in [1.82, 2.24) is 16.0 Å². The Morgan fingerprint density at radius 1 is 1.10 bits per heavy atom. The molecule has 208 valence electrons. The molecule has 1 fully saturated rings. The summed E-state index contributed by atoms with van der Waals surface area (Å²) in [7, 11) is 0. The molecule has 0 saturated heterocycles. The second kappa shape index (κ2) is 15.0. The standard InChI is InChI=1S/C31H39N3O5/c1-3-6-23-17-25(24-14-15-24)16-22-12-10-21(11-13-22)8-5-9-29(37)32-19-30(38)33-27(18-23)31(39)34-26(7-4-2)28(36)20-35/h3,6,10-13,17,20,24,26-27H,1,4-5,7-9,14-16,18-19H2,2H3,(H,32,37)(H,33,38)(H,34,39)/b23-6+,25-17?. The Kier molecular flexibility index (Phi) is 11.4. The Bertz CT molecular complexity index is 1130. The predicted octanol–water partition coefficient (Wildman–Crippen LogP) is 3.06. The van der Waals surface area contributed by atoms with Gasteiger partial charge in [0, 0.05) is 12.8 Å². The van der Waals surface area contributed by atoms with E-state index in [2.05, 4.69) is 52.9 Å². The summed E-state index contributed by atoms with van der Waals surface area (Å²) in [5.74, 6) is -1.57. The van der Waals surface area contributed by atoms with Crippen molar-refractivity contribution in [2.24, 2.45) is 5.92 Å². The molecule has 3 N–H and O–H groups in total. The Balaban J connectivity index is 1.92. The van der Waals surface area contributed by atoms with Crippen molar-refractivity contribution >= 4 is 29.8 Å². The summed E-state index contributed by atoms with van der Waals surface area (Å²) in [5, 5.41) is 7.98. The lowest BCUT2D eigenvalue weighted by molar-refractivity contribution is -0.134. The fourth-order valence-corrected chi connectivity index (χ4v) is 4.73. The van der Waals surface area contributed by atoms with Crippen LogP contribution in [-0.2, 0) is 36.8 Å².